The highest BCUT2D eigenvalue weighted by Crippen LogP contribution is 2.40. The van der Waals surface area contributed by atoms with E-state index in [4.69, 9.17) is 5.26 Å². The number of carbonyl (C=O) groups is 2. The molecule has 0 aromatic heterocycles. The number of nitrogens with one attached hydrogen (secondary N) is 2. The summed E-state index contributed by atoms with van der Waals surface area (Å²) in [7, 11) is 0. The number of anilines is 2. The van der Waals surface area contributed by atoms with Gasteiger partial charge in [0.05, 0.1) is 29.2 Å². The molecule has 5 nitrogen and oxygen atoms in total. The van der Waals surface area contributed by atoms with Crippen LogP contribution in [-0.4, -0.2) is 11.8 Å². The van der Waals surface area contributed by atoms with Gasteiger partial charge in [0, 0.05) is 10.2 Å². The van der Waals surface area contributed by atoms with Crippen molar-refractivity contribution in [3.8, 4) is 6.07 Å². The maximum atomic E-state index is 12.3. The molecule has 2 unspecified atom stereocenters. The van der Waals surface area contributed by atoms with Gasteiger partial charge >= 0.3 is 0 Å². The molecule has 2 amide bonds. The Morgan fingerprint density at radius 1 is 1.12 bits per heavy atom. The van der Waals surface area contributed by atoms with Gasteiger partial charge in [0.25, 0.3) is 0 Å². The number of nitriles is 1. The monoisotopic (exact) mass is 397 g/mol. The average Bonchev–Trinajstić information content (AvgIpc) is 3.38. The lowest BCUT2D eigenvalue weighted by Gasteiger charge is -2.08. The second-order valence-corrected chi connectivity index (χ2v) is 6.96. The van der Waals surface area contributed by atoms with Crippen molar-refractivity contribution in [1.29, 1.82) is 5.26 Å². The molecule has 3 rings (SSSR count). The number of halogens is 1. The SMILES string of the molecule is Cc1ccc(NC(=O)C2CC2C(=O)Nc2cccc(C#N)c2)c(Br)c1. The largest absolute Gasteiger partial charge is 0.326 e. The van der Waals surface area contributed by atoms with Crippen LogP contribution in [0.5, 0.6) is 0 Å². The zero-order valence-electron chi connectivity index (χ0n) is 13.5. The molecule has 2 atom stereocenters. The molecule has 6 heteroatoms. The van der Waals surface area contributed by atoms with E-state index in [-0.39, 0.29) is 23.7 Å². The first-order chi connectivity index (χ1) is 12.0. The van der Waals surface area contributed by atoms with E-state index in [2.05, 4.69) is 26.6 Å². The number of rotatable bonds is 4. The van der Waals surface area contributed by atoms with E-state index in [9.17, 15) is 9.59 Å². The number of hydrogen-bond acceptors (Lipinski definition) is 3. The highest BCUT2D eigenvalue weighted by Gasteiger charge is 2.48. The van der Waals surface area contributed by atoms with Gasteiger partial charge in [0.2, 0.25) is 11.8 Å². The van der Waals surface area contributed by atoms with Crippen molar-refractivity contribution in [2.24, 2.45) is 11.8 Å². The Morgan fingerprint density at radius 3 is 2.52 bits per heavy atom. The van der Waals surface area contributed by atoms with Crippen molar-refractivity contribution >= 4 is 39.1 Å². The van der Waals surface area contributed by atoms with Crippen LogP contribution >= 0.6 is 15.9 Å². The molecule has 2 N–H and O–H groups in total. The summed E-state index contributed by atoms with van der Waals surface area (Å²) >= 11 is 3.43. The first-order valence-corrected chi connectivity index (χ1v) is 8.65. The van der Waals surface area contributed by atoms with Crippen molar-refractivity contribution in [1.82, 2.24) is 0 Å². The normalized spacial score (nSPS) is 18.1. The number of amides is 2. The van der Waals surface area contributed by atoms with E-state index in [1.165, 1.54) is 0 Å². The molecule has 1 fully saturated rings. The van der Waals surface area contributed by atoms with E-state index in [0.717, 1.165) is 10.0 Å². The summed E-state index contributed by atoms with van der Waals surface area (Å²) in [5, 5.41) is 14.5. The van der Waals surface area contributed by atoms with Crippen molar-refractivity contribution < 1.29 is 9.59 Å². The van der Waals surface area contributed by atoms with E-state index in [0.29, 0.717) is 23.4 Å². The van der Waals surface area contributed by atoms with Crippen LogP contribution in [0, 0.1) is 30.1 Å². The highest BCUT2D eigenvalue weighted by molar-refractivity contribution is 9.10. The van der Waals surface area contributed by atoms with Crippen molar-refractivity contribution in [3.05, 3.63) is 58.1 Å². The van der Waals surface area contributed by atoms with Gasteiger partial charge in [0.15, 0.2) is 0 Å². The predicted molar refractivity (Wildman–Crippen MR) is 98.9 cm³/mol. The average molecular weight is 398 g/mol. The lowest BCUT2D eigenvalue weighted by Crippen LogP contribution is -2.20. The Balaban J connectivity index is 1.59. The minimum atomic E-state index is -0.338. The maximum Gasteiger partial charge on any atom is 0.228 e. The standard InChI is InChI=1S/C19H16BrN3O2/c1-11-5-6-17(16(20)7-11)23-19(25)15-9-14(15)18(24)22-13-4-2-3-12(8-13)10-21/h2-8,14-15H,9H2,1H3,(H,22,24)(H,23,25). The zero-order valence-corrected chi connectivity index (χ0v) is 15.1. The summed E-state index contributed by atoms with van der Waals surface area (Å²) in [6.45, 7) is 1.97. The number of benzene rings is 2. The summed E-state index contributed by atoms with van der Waals surface area (Å²) in [4.78, 5) is 24.6. The van der Waals surface area contributed by atoms with Crippen LogP contribution < -0.4 is 10.6 Å². The van der Waals surface area contributed by atoms with Crippen LogP contribution in [0.25, 0.3) is 0 Å². The van der Waals surface area contributed by atoms with E-state index >= 15 is 0 Å². The third-order valence-electron chi connectivity index (χ3n) is 4.11. The fraction of sp³-hybridized carbons (Fsp3) is 0.211. The molecule has 0 radical (unpaired) electrons. The van der Waals surface area contributed by atoms with E-state index in [1.54, 1.807) is 24.3 Å². The van der Waals surface area contributed by atoms with E-state index in [1.807, 2.05) is 31.2 Å². The molecule has 0 heterocycles. The smallest absolute Gasteiger partial charge is 0.228 e. The van der Waals surface area contributed by atoms with Crippen molar-refractivity contribution in [3.63, 3.8) is 0 Å². The molecule has 0 aliphatic heterocycles. The molecule has 0 saturated heterocycles. The second-order valence-electron chi connectivity index (χ2n) is 6.10. The number of carbonyl (C=O) groups excluding carboxylic acids is 2. The third kappa shape index (κ3) is 4.06. The molecule has 126 valence electrons. The Morgan fingerprint density at radius 2 is 1.84 bits per heavy atom. The quantitative estimate of drug-likeness (QED) is 0.821. The van der Waals surface area contributed by atoms with E-state index < -0.39 is 0 Å². The molecule has 1 aliphatic rings. The summed E-state index contributed by atoms with van der Waals surface area (Å²) in [5.74, 6) is -1.02. The summed E-state index contributed by atoms with van der Waals surface area (Å²) < 4.78 is 0.816. The minimum absolute atomic E-state index is 0.157. The summed E-state index contributed by atoms with van der Waals surface area (Å²) in [6.07, 6.45) is 0.527. The van der Waals surface area contributed by atoms with Gasteiger partial charge in [-0.05, 0) is 65.2 Å². The number of nitrogens with zero attached hydrogens (tertiary/aromatic N) is 1. The first kappa shape index (κ1) is 17.2. The lowest BCUT2D eigenvalue weighted by atomic mass is 10.2. The zero-order chi connectivity index (χ0) is 18.0. The molecule has 1 saturated carbocycles. The van der Waals surface area contributed by atoms with Crippen LogP contribution in [0.2, 0.25) is 0 Å². The van der Waals surface area contributed by atoms with Gasteiger partial charge in [-0.3, -0.25) is 9.59 Å². The van der Waals surface area contributed by atoms with Gasteiger partial charge in [0.1, 0.15) is 0 Å². The Kier molecular flexibility index (Phi) is 4.86. The number of aryl methyl sites for hydroxylation is 1. The summed E-state index contributed by atoms with van der Waals surface area (Å²) in [5.41, 5.74) is 2.83. The van der Waals surface area contributed by atoms with Gasteiger partial charge in [-0.15, -0.1) is 0 Å². The molecule has 1 aliphatic carbocycles. The van der Waals surface area contributed by atoms with Crippen LogP contribution in [0.15, 0.2) is 46.9 Å². The fourth-order valence-electron chi connectivity index (χ4n) is 2.62. The fourth-order valence-corrected chi connectivity index (χ4v) is 3.22. The van der Waals surface area contributed by atoms with Gasteiger partial charge in [-0.25, -0.2) is 0 Å². The molecule has 25 heavy (non-hydrogen) atoms. The topological polar surface area (TPSA) is 82.0 Å². The van der Waals surface area contributed by atoms with Gasteiger partial charge in [-0.1, -0.05) is 12.1 Å². The molecular formula is C19H16BrN3O2. The highest BCUT2D eigenvalue weighted by atomic mass is 79.9. The maximum absolute atomic E-state index is 12.3. The molecule has 0 bridgehead atoms. The minimum Gasteiger partial charge on any atom is -0.326 e. The summed E-state index contributed by atoms with van der Waals surface area (Å²) in [6, 6.07) is 14.4. The van der Waals surface area contributed by atoms with Crippen molar-refractivity contribution in [2.75, 3.05) is 10.6 Å². The van der Waals surface area contributed by atoms with Crippen LogP contribution in [0.3, 0.4) is 0 Å². The second kappa shape index (κ2) is 7.08. The van der Waals surface area contributed by atoms with Crippen LogP contribution in [-0.2, 0) is 9.59 Å². The molecule has 2 aromatic rings. The first-order valence-electron chi connectivity index (χ1n) is 7.86. The Labute approximate surface area is 154 Å². The third-order valence-corrected chi connectivity index (χ3v) is 4.76. The lowest BCUT2D eigenvalue weighted by molar-refractivity contribution is -0.122. The van der Waals surface area contributed by atoms with Crippen LogP contribution in [0.1, 0.15) is 17.5 Å². The Hall–Kier alpha value is -2.65. The predicted octanol–water partition coefficient (Wildman–Crippen LogP) is 3.84. The van der Waals surface area contributed by atoms with Gasteiger partial charge in [-0.2, -0.15) is 5.26 Å². The van der Waals surface area contributed by atoms with Crippen molar-refractivity contribution in [2.45, 2.75) is 13.3 Å². The Bertz CT molecular complexity index is 888. The van der Waals surface area contributed by atoms with Crippen LogP contribution in [0.4, 0.5) is 11.4 Å². The molecule has 2 aromatic carbocycles. The van der Waals surface area contributed by atoms with Gasteiger partial charge < -0.3 is 10.6 Å². The molecular weight excluding hydrogens is 382 g/mol. The number of hydrogen-bond donors (Lipinski definition) is 2. The molecule has 0 spiro atoms.